The quantitative estimate of drug-likeness (QED) is 0.834. The molecule has 1 amide bonds. The number of para-hydroxylation sites is 1. The number of aryl methyl sites for hydroxylation is 1. The fourth-order valence-corrected chi connectivity index (χ4v) is 3.49. The zero-order valence-electron chi connectivity index (χ0n) is 16.4. The number of hydrogen-bond donors (Lipinski definition) is 1. The number of benzene rings is 2. The second-order valence-corrected chi connectivity index (χ2v) is 7.41. The number of nitrogens with one attached hydrogen (secondary N) is 1. The molecule has 2 aromatic carbocycles. The first-order chi connectivity index (χ1) is 12.9. The fraction of sp³-hybridized carbons (Fsp3) is 0.409. The third kappa shape index (κ3) is 4.54. The summed E-state index contributed by atoms with van der Waals surface area (Å²) in [6, 6.07) is 13.6. The minimum atomic E-state index is -0.310. The second kappa shape index (κ2) is 7.91. The minimum Gasteiger partial charge on any atom is -0.493 e. The topological polar surface area (TPSA) is 56.8 Å². The van der Waals surface area contributed by atoms with Crippen molar-refractivity contribution in [3.05, 3.63) is 53.6 Å². The van der Waals surface area contributed by atoms with Crippen LogP contribution in [0.25, 0.3) is 0 Å². The highest BCUT2D eigenvalue weighted by atomic mass is 16.5. The van der Waals surface area contributed by atoms with E-state index in [9.17, 15) is 4.79 Å². The van der Waals surface area contributed by atoms with E-state index in [1.807, 2.05) is 56.3 Å². The number of ether oxygens (including phenoxy) is 3. The smallest absolute Gasteiger partial charge is 0.220 e. The van der Waals surface area contributed by atoms with Gasteiger partial charge in [0, 0.05) is 18.4 Å². The number of hydrogen-bond acceptors (Lipinski definition) is 4. The average Bonchev–Trinajstić information content (AvgIpc) is 2.65. The number of carbonyl (C=O) groups is 1. The maximum Gasteiger partial charge on any atom is 0.220 e. The van der Waals surface area contributed by atoms with Gasteiger partial charge in [-0.3, -0.25) is 4.79 Å². The molecule has 0 bridgehead atoms. The standard InChI is InChI=1S/C22H27NO4/c1-22(2)14-17(16-7-5-6-8-18(16)27-22)23-21(24)12-10-15-9-11-19(25-3)20(13-15)26-4/h5-9,11,13,17H,10,12,14H2,1-4H3,(H,23,24)/t17-/m0/s1. The van der Waals surface area contributed by atoms with Crippen LogP contribution in [-0.4, -0.2) is 25.7 Å². The van der Waals surface area contributed by atoms with E-state index in [0.717, 1.165) is 23.3 Å². The third-order valence-corrected chi connectivity index (χ3v) is 4.80. The summed E-state index contributed by atoms with van der Waals surface area (Å²) in [5.74, 6) is 2.24. The molecule has 0 saturated carbocycles. The maximum atomic E-state index is 12.6. The molecule has 1 heterocycles. The van der Waals surface area contributed by atoms with Crippen LogP contribution in [0.4, 0.5) is 0 Å². The summed E-state index contributed by atoms with van der Waals surface area (Å²) in [4.78, 5) is 12.6. The first-order valence-corrected chi connectivity index (χ1v) is 9.20. The molecule has 3 rings (SSSR count). The molecule has 5 nitrogen and oxygen atoms in total. The lowest BCUT2D eigenvalue weighted by molar-refractivity contribution is -0.122. The van der Waals surface area contributed by atoms with E-state index >= 15 is 0 Å². The van der Waals surface area contributed by atoms with Crippen molar-refractivity contribution in [1.82, 2.24) is 5.32 Å². The molecule has 1 aliphatic rings. The molecule has 0 aromatic heterocycles. The summed E-state index contributed by atoms with van der Waals surface area (Å²) in [6.45, 7) is 4.09. The van der Waals surface area contributed by atoms with Crippen LogP contribution >= 0.6 is 0 Å². The van der Waals surface area contributed by atoms with Crippen molar-refractivity contribution in [2.75, 3.05) is 14.2 Å². The lowest BCUT2D eigenvalue weighted by Gasteiger charge is -2.37. The Labute approximate surface area is 160 Å². The van der Waals surface area contributed by atoms with Gasteiger partial charge in [0.15, 0.2) is 11.5 Å². The zero-order valence-corrected chi connectivity index (χ0v) is 16.4. The van der Waals surface area contributed by atoms with Crippen LogP contribution < -0.4 is 19.5 Å². The number of carbonyl (C=O) groups excluding carboxylic acids is 1. The largest absolute Gasteiger partial charge is 0.493 e. The Bertz CT molecular complexity index is 816. The first-order valence-electron chi connectivity index (χ1n) is 9.20. The van der Waals surface area contributed by atoms with E-state index in [-0.39, 0.29) is 17.6 Å². The van der Waals surface area contributed by atoms with Gasteiger partial charge in [-0.2, -0.15) is 0 Å². The number of rotatable bonds is 6. The van der Waals surface area contributed by atoms with Crippen molar-refractivity contribution < 1.29 is 19.0 Å². The molecule has 0 radical (unpaired) electrons. The summed E-state index contributed by atoms with van der Waals surface area (Å²) in [5, 5.41) is 3.18. The number of methoxy groups -OCH3 is 2. The van der Waals surface area contributed by atoms with E-state index in [1.165, 1.54) is 0 Å². The summed E-state index contributed by atoms with van der Waals surface area (Å²) >= 11 is 0. The van der Waals surface area contributed by atoms with Gasteiger partial charge in [0.1, 0.15) is 11.4 Å². The van der Waals surface area contributed by atoms with Gasteiger partial charge in [-0.1, -0.05) is 24.3 Å². The van der Waals surface area contributed by atoms with E-state index in [0.29, 0.717) is 24.3 Å². The Balaban J connectivity index is 1.64. The van der Waals surface area contributed by atoms with Crippen LogP contribution in [0, 0.1) is 0 Å². The predicted molar refractivity (Wildman–Crippen MR) is 105 cm³/mol. The highest BCUT2D eigenvalue weighted by Gasteiger charge is 2.34. The average molecular weight is 369 g/mol. The van der Waals surface area contributed by atoms with Crippen molar-refractivity contribution in [2.24, 2.45) is 0 Å². The molecule has 1 aliphatic heterocycles. The first kappa shape index (κ1) is 19.1. The Hall–Kier alpha value is -2.69. The van der Waals surface area contributed by atoms with Gasteiger partial charge in [0.25, 0.3) is 0 Å². The normalized spacial score (nSPS) is 17.4. The van der Waals surface area contributed by atoms with E-state index in [1.54, 1.807) is 14.2 Å². The molecule has 0 unspecified atom stereocenters. The van der Waals surface area contributed by atoms with Crippen molar-refractivity contribution in [2.45, 2.75) is 44.8 Å². The molecule has 5 heteroatoms. The Morgan fingerprint density at radius 1 is 1.15 bits per heavy atom. The van der Waals surface area contributed by atoms with Gasteiger partial charge in [-0.05, 0) is 44.0 Å². The van der Waals surface area contributed by atoms with Crippen LogP contribution in [0.3, 0.4) is 0 Å². The maximum absolute atomic E-state index is 12.6. The summed E-state index contributed by atoms with van der Waals surface area (Å²) in [7, 11) is 3.22. The zero-order chi connectivity index (χ0) is 19.4. The number of amides is 1. The van der Waals surface area contributed by atoms with Crippen molar-refractivity contribution in [1.29, 1.82) is 0 Å². The van der Waals surface area contributed by atoms with E-state index in [2.05, 4.69) is 5.32 Å². The van der Waals surface area contributed by atoms with Crippen molar-refractivity contribution in [3.8, 4) is 17.2 Å². The SMILES string of the molecule is COc1ccc(CCC(=O)N[C@H]2CC(C)(C)Oc3ccccc32)cc1OC. The van der Waals surface area contributed by atoms with Gasteiger partial charge in [0.05, 0.1) is 20.3 Å². The Morgan fingerprint density at radius 3 is 2.63 bits per heavy atom. The van der Waals surface area contributed by atoms with Crippen molar-refractivity contribution in [3.63, 3.8) is 0 Å². The third-order valence-electron chi connectivity index (χ3n) is 4.80. The minimum absolute atomic E-state index is 0.0299. The monoisotopic (exact) mass is 369 g/mol. The molecule has 1 N–H and O–H groups in total. The number of fused-ring (bicyclic) bond motifs is 1. The molecule has 27 heavy (non-hydrogen) atoms. The molecular weight excluding hydrogens is 342 g/mol. The van der Waals surface area contributed by atoms with Gasteiger partial charge >= 0.3 is 0 Å². The van der Waals surface area contributed by atoms with Crippen LogP contribution in [0.2, 0.25) is 0 Å². The Kier molecular flexibility index (Phi) is 5.59. The lowest BCUT2D eigenvalue weighted by Crippen LogP contribution is -2.41. The highest BCUT2D eigenvalue weighted by Crippen LogP contribution is 2.39. The molecule has 0 spiro atoms. The molecule has 0 aliphatic carbocycles. The van der Waals surface area contributed by atoms with E-state index < -0.39 is 0 Å². The van der Waals surface area contributed by atoms with Crippen LogP contribution in [0.1, 0.15) is 43.9 Å². The lowest BCUT2D eigenvalue weighted by atomic mass is 9.89. The molecule has 0 saturated heterocycles. The van der Waals surface area contributed by atoms with Crippen LogP contribution in [0.15, 0.2) is 42.5 Å². The van der Waals surface area contributed by atoms with Gasteiger partial charge < -0.3 is 19.5 Å². The summed E-state index contributed by atoms with van der Waals surface area (Å²) in [5.41, 5.74) is 1.77. The van der Waals surface area contributed by atoms with Gasteiger partial charge in [0.2, 0.25) is 5.91 Å². The summed E-state index contributed by atoms with van der Waals surface area (Å²) in [6.07, 6.45) is 1.79. The molecule has 144 valence electrons. The predicted octanol–water partition coefficient (Wildman–Crippen LogP) is 4.06. The van der Waals surface area contributed by atoms with Crippen molar-refractivity contribution >= 4 is 5.91 Å². The molecular formula is C22H27NO4. The molecule has 1 atom stereocenters. The second-order valence-electron chi connectivity index (χ2n) is 7.41. The summed E-state index contributed by atoms with van der Waals surface area (Å²) < 4.78 is 16.6. The molecule has 0 fully saturated rings. The fourth-order valence-electron chi connectivity index (χ4n) is 3.49. The highest BCUT2D eigenvalue weighted by molar-refractivity contribution is 5.77. The van der Waals surface area contributed by atoms with E-state index in [4.69, 9.17) is 14.2 Å². The molecule has 2 aromatic rings. The Morgan fingerprint density at radius 2 is 1.89 bits per heavy atom. The van der Waals surface area contributed by atoms with Crippen LogP contribution in [0.5, 0.6) is 17.2 Å². The van der Waals surface area contributed by atoms with Gasteiger partial charge in [-0.15, -0.1) is 0 Å². The van der Waals surface area contributed by atoms with Crippen LogP contribution in [-0.2, 0) is 11.2 Å². The van der Waals surface area contributed by atoms with Gasteiger partial charge in [-0.25, -0.2) is 0 Å².